The van der Waals surface area contributed by atoms with Gasteiger partial charge in [0.15, 0.2) is 5.13 Å². The Hall–Kier alpha value is -2.59. The summed E-state index contributed by atoms with van der Waals surface area (Å²) in [5.41, 5.74) is 1.11. The van der Waals surface area contributed by atoms with Gasteiger partial charge in [-0.25, -0.2) is 4.98 Å². The number of anilines is 1. The number of aromatic nitrogens is 1. The molecule has 2 heterocycles. The van der Waals surface area contributed by atoms with Gasteiger partial charge in [0.2, 0.25) is 0 Å². The molecule has 0 N–H and O–H groups in total. The Labute approximate surface area is 188 Å². The molecule has 0 spiro atoms. The van der Waals surface area contributed by atoms with E-state index in [1.165, 1.54) is 35.6 Å². The molecule has 0 radical (unpaired) electrons. The molecule has 8 nitrogen and oxygen atoms in total. The van der Waals surface area contributed by atoms with Crippen LogP contribution in [-0.2, 0) is 4.74 Å². The van der Waals surface area contributed by atoms with E-state index in [1.54, 1.807) is 11.0 Å². The van der Waals surface area contributed by atoms with Crippen molar-refractivity contribution in [1.29, 1.82) is 0 Å². The third-order valence-electron chi connectivity index (χ3n) is 5.10. The SMILES string of the molecule is O=C(c1ccc([N+](=O)[O-])cc1)N(CCCN1CCOCC1)c1nc2ccc(Cl)cc2s1. The highest BCUT2D eigenvalue weighted by Gasteiger charge is 2.22. The summed E-state index contributed by atoms with van der Waals surface area (Å²) in [6.07, 6.45) is 0.773. The Morgan fingerprint density at radius 2 is 1.97 bits per heavy atom. The quantitative estimate of drug-likeness (QED) is 0.387. The van der Waals surface area contributed by atoms with Crippen molar-refractivity contribution in [2.24, 2.45) is 0 Å². The highest BCUT2D eigenvalue weighted by molar-refractivity contribution is 7.22. The predicted octanol–water partition coefficient (Wildman–Crippen LogP) is 4.23. The van der Waals surface area contributed by atoms with Gasteiger partial charge in [0.1, 0.15) is 0 Å². The number of morpholine rings is 1. The highest BCUT2D eigenvalue weighted by Crippen LogP contribution is 2.32. The Balaban J connectivity index is 1.57. The number of nitro groups is 1. The zero-order valence-corrected chi connectivity index (χ0v) is 18.3. The van der Waals surface area contributed by atoms with Crippen molar-refractivity contribution in [1.82, 2.24) is 9.88 Å². The van der Waals surface area contributed by atoms with Gasteiger partial charge >= 0.3 is 0 Å². The van der Waals surface area contributed by atoms with Gasteiger partial charge in [-0.05, 0) is 36.8 Å². The van der Waals surface area contributed by atoms with Gasteiger partial charge in [0.05, 0.1) is 28.4 Å². The Morgan fingerprint density at radius 1 is 1.23 bits per heavy atom. The van der Waals surface area contributed by atoms with E-state index in [2.05, 4.69) is 9.88 Å². The van der Waals surface area contributed by atoms with Crippen molar-refractivity contribution in [2.75, 3.05) is 44.3 Å². The molecule has 0 aliphatic carbocycles. The number of ether oxygens (including phenoxy) is 1. The van der Waals surface area contributed by atoms with Gasteiger partial charge in [-0.3, -0.25) is 24.7 Å². The van der Waals surface area contributed by atoms with Crippen LogP contribution in [0.15, 0.2) is 42.5 Å². The molecule has 1 amide bonds. The maximum absolute atomic E-state index is 13.3. The molecule has 31 heavy (non-hydrogen) atoms. The molecule has 162 valence electrons. The lowest BCUT2D eigenvalue weighted by molar-refractivity contribution is -0.384. The number of amides is 1. The fourth-order valence-electron chi connectivity index (χ4n) is 3.44. The summed E-state index contributed by atoms with van der Waals surface area (Å²) in [6, 6.07) is 11.1. The molecule has 2 aromatic carbocycles. The lowest BCUT2D eigenvalue weighted by atomic mass is 10.2. The second-order valence-corrected chi connectivity index (χ2v) is 8.62. The molecule has 1 fully saturated rings. The van der Waals surface area contributed by atoms with E-state index in [0.29, 0.717) is 22.3 Å². The topological polar surface area (TPSA) is 88.8 Å². The summed E-state index contributed by atoms with van der Waals surface area (Å²) in [6.45, 7) is 4.56. The van der Waals surface area contributed by atoms with E-state index in [0.717, 1.165) is 49.5 Å². The van der Waals surface area contributed by atoms with Gasteiger partial charge in [-0.15, -0.1) is 0 Å². The summed E-state index contributed by atoms with van der Waals surface area (Å²) >= 11 is 7.51. The molecular weight excluding hydrogens is 440 g/mol. The standard InChI is InChI=1S/C21H21ClN4O4S/c22-16-4-7-18-19(14-16)31-21(23-18)25(9-1-8-24-10-12-30-13-11-24)20(27)15-2-5-17(6-3-15)26(28)29/h2-7,14H,1,8-13H2. The zero-order chi connectivity index (χ0) is 21.8. The third-order valence-corrected chi connectivity index (χ3v) is 6.38. The van der Waals surface area contributed by atoms with E-state index in [1.807, 2.05) is 12.1 Å². The van der Waals surface area contributed by atoms with Crippen molar-refractivity contribution < 1.29 is 14.5 Å². The van der Waals surface area contributed by atoms with Crippen molar-refractivity contribution in [3.63, 3.8) is 0 Å². The first-order valence-corrected chi connectivity index (χ1v) is 11.1. The second-order valence-electron chi connectivity index (χ2n) is 7.18. The molecule has 4 rings (SSSR count). The molecule has 1 aliphatic rings. The minimum atomic E-state index is -0.481. The normalized spacial score (nSPS) is 14.6. The zero-order valence-electron chi connectivity index (χ0n) is 16.7. The van der Waals surface area contributed by atoms with Crippen LogP contribution in [0, 0.1) is 10.1 Å². The number of carbonyl (C=O) groups excluding carboxylic acids is 1. The van der Waals surface area contributed by atoms with Crippen LogP contribution in [-0.4, -0.2) is 60.1 Å². The smallest absolute Gasteiger partial charge is 0.269 e. The average molecular weight is 461 g/mol. The second kappa shape index (κ2) is 9.69. The average Bonchev–Trinajstić information content (AvgIpc) is 3.20. The molecular formula is C21H21ClN4O4S. The summed E-state index contributed by atoms with van der Waals surface area (Å²) in [5, 5.41) is 12.1. The number of non-ortho nitro benzene ring substituents is 1. The van der Waals surface area contributed by atoms with Crippen LogP contribution in [0.5, 0.6) is 0 Å². The molecule has 10 heteroatoms. The number of thiazole rings is 1. The van der Waals surface area contributed by atoms with E-state index in [4.69, 9.17) is 16.3 Å². The van der Waals surface area contributed by atoms with Crippen LogP contribution in [0.3, 0.4) is 0 Å². The summed E-state index contributed by atoms with van der Waals surface area (Å²) in [5.74, 6) is -0.234. The molecule has 1 saturated heterocycles. The van der Waals surface area contributed by atoms with Crippen LogP contribution in [0.4, 0.5) is 10.8 Å². The first-order valence-electron chi connectivity index (χ1n) is 9.94. The minimum Gasteiger partial charge on any atom is -0.379 e. The highest BCUT2D eigenvalue weighted by atomic mass is 35.5. The number of hydrogen-bond acceptors (Lipinski definition) is 7. The van der Waals surface area contributed by atoms with Crippen molar-refractivity contribution in [2.45, 2.75) is 6.42 Å². The van der Waals surface area contributed by atoms with E-state index >= 15 is 0 Å². The lowest BCUT2D eigenvalue weighted by Gasteiger charge is -2.27. The van der Waals surface area contributed by atoms with Crippen LogP contribution >= 0.6 is 22.9 Å². The van der Waals surface area contributed by atoms with Crippen LogP contribution in [0.2, 0.25) is 5.02 Å². The molecule has 0 saturated carbocycles. The van der Waals surface area contributed by atoms with E-state index in [-0.39, 0.29) is 11.6 Å². The fourth-order valence-corrected chi connectivity index (χ4v) is 4.71. The van der Waals surface area contributed by atoms with Crippen molar-refractivity contribution in [3.05, 3.63) is 63.2 Å². The minimum absolute atomic E-state index is 0.0509. The van der Waals surface area contributed by atoms with Crippen LogP contribution in [0.1, 0.15) is 16.8 Å². The number of benzene rings is 2. The number of nitro benzene ring substituents is 1. The number of fused-ring (bicyclic) bond motifs is 1. The summed E-state index contributed by atoms with van der Waals surface area (Å²) in [4.78, 5) is 32.4. The number of rotatable bonds is 7. The predicted molar refractivity (Wildman–Crippen MR) is 121 cm³/mol. The van der Waals surface area contributed by atoms with E-state index in [9.17, 15) is 14.9 Å². The lowest BCUT2D eigenvalue weighted by Crippen LogP contribution is -2.39. The Kier molecular flexibility index (Phi) is 6.77. The Bertz CT molecular complexity index is 1080. The number of carbonyl (C=O) groups is 1. The van der Waals surface area contributed by atoms with Gasteiger partial charge in [0.25, 0.3) is 11.6 Å². The largest absolute Gasteiger partial charge is 0.379 e. The Morgan fingerprint density at radius 3 is 2.68 bits per heavy atom. The molecule has 1 aromatic heterocycles. The first kappa shape index (κ1) is 21.6. The van der Waals surface area contributed by atoms with Gasteiger partial charge in [-0.2, -0.15) is 0 Å². The number of halogens is 1. The maximum atomic E-state index is 13.3. The van der Waals surface area contributed by atoms with Crippen molar-refractivity contribution in [3.8, 4) is 0 Å². The summed E-state index contributed by atoms with van der Waals surface area (Å²) < 4.78 is 6.29. The third kappa shape index (κ3) is 5.19. The molecule has 0 atom stereocenters. The first-order chi connectivity index (χ1) is 15.0. The maximum Gasteiger partial charge on any atom is 0.269 e. The van der Waals surface area contributed by atoms with Crippen molar-refractivity contribution >= 4 is 49.9 Å². The molecule has 3 aromatic rings. The fraction of sp³-hybridized carbons (Fsp3) is 0.333. The molecule has 0 unspecified atom stereocenters. The number of nitrogens with zero attached hydrogens (tertiary/aromatic N) is 4. The van der Waals surface area contributed by atoms with Gasteiger partial charge in [0, 0.05) is 48.9 Å². The molecule has 1 aliphatic heterocycles. The van der Waals surface area contributed by atoms with Crippen LogP contribution in [0.25, 0.3) is 10.2 Å². The molecule has 0 bridgehead atoms. The van der Waals surface area contributed by atoms with Crippen LogP contribution < -0.4 is 4.90 Å². The van der Waals surface area contributed by atoms with E-state index < -0.39 is 4.92 Å². The summed E-state index contributed by atoms with van der Waals surface area (Å²) in [7, 11) is 0. The monoisotopic (exact) mass is 460 g/mol. The van der Waals surface area contributed by atoms with Gasteiger partial charge in [-0.1, -0.05) is 22.9 Å². The van der Waals surface area contributed by atoms with Gasteiger partial charge < -0.3 is 4.74 Å². The number of hydrogen-bond donors (Lipinski definition) is 0.